The van der Waals surface area contributed by atoms with Gasteiger partial charge in [0.15, 0.2) is 0 Å². The lowest BCUT2D eigenvalue weighted by molar-refractivity contribution is 0.169. The molecule has 1 aromatic heterocycles. The maximum absolute atomic E-state index is 9.89. The number of hydrogen-bond donors (Lipinski definition) is 1. The molecule has 0 saturated heterocycles. The quantitative estimate of drug-likeness (QED) is 0.877. The Labute approximate surface area is 110 Å². The van der Waals surface area contributed by atoms with Crippen molar-refractivity contribution in [2.75, 3.05) is 12.0 Å². The number of rotatable bonds is 6. The molecule has 0 spiro atoms. The van der Waals surface area contributed by atoms with Crippen LogP contribution in [-0.4, -0.2) is 33.0 Å². The van der Waals surface area contributed by atoms with E-state index < -0.39 is 0 Å². The normalized spacial score (nSPS) is 13.1. The van der Waals surface area contributed by atoms with Crippen molar-refractivity contribution in [3.05, 3.63) is 15.9 Å². The zero-order valence-electron chi connectivity index (χ0n) is 10.0. The summed E-state index contributed by atoms with van der Waals surface area (Å²) in [6, 6.07) is 0. The number of nitrogens with zero attached hydrogens (tertiary/aromatic N) is 2. The minimum atomic E-state index is -0.274. The maximum atomic E-state index is 9.89. The summed E-state index contributed by atoms with van der Waals surface area (Å²) in [6.07, 6.45) is 4.20. The molecule has 1 N–H and O–H groups in total. The Morgan fingerprint density at radius 2 is 2.25 bits per heavy atom. The average molecular weight is 307 g/mol. The van der Waals surface area contributed by atoms with E-state index in [0.29, 0.717) is 6.42 Å². The zero-order valence-corrected chi connectivity index (χ0v) is 12.4. The van der Waals surface area contributed by atoms with Crippen LogP contribution in [0.15, 0.2) is 4.47 Å². The zero-order chi connectivity index (χ0) is 12.1. The van der Waals surface area contributed by atoms with Crippen molar-refractivity contribution >= 4 is 27.7 Å². The van der Waals surface area contributed by atoms with Gasteiger partial charge in [0, 0.05) is 13.5 Å². The van der Waals surface area contributed by atoms with E-state index in [2.05, 4.69) is 34.2 Å². The van der Waals surface area contributed by atoms with Crippen molar-refractivity contribution in [3.8, 4) is 0 Å². The molecular weight excluding hydrogens is 288 g/mol. The van der Waals surface area contributed by atoms with Crippen LogP contribution in [0.3, 0.4) is 0 Å². The van der Waals surface area contributed by atoms with Crippen molar-refractivity contribution < 1.29 is 5.11 Å². The summed E-state index contributed by atoms with van der Waals surface area (Å²) in [4.78, 5) is 0. The highest BCUT2D eigenvalue weighted by Gasteiger charge is 2.15. The van der Waals surface area contributed by atoms with Gasteiger partial charge in [-0.3, -0.25) is 4.68 Å². The third-order valence-electron chi connectivity index (χ3n) is 2.59. The fourth-order valence-corrected chi connectivity index (χ4v) is 2.91. The fraction of sp³-hybridized carbons (Fsp3) is 0.727. The minimum absolute atomic E-state index is 0.274. The Bertz CT molecular complexity index is 341. The molecule has 0 saturated carbocycles. The summed E-state index contributed by atoms with van der Waals surface area (Å²) < 4.78 is 2.92. The second-order valence-electron chi connectivity index (χ2n) is 3.82. The summed E-state index contributed by atoms with van der Waals surface area (Å²) in [6.45, 7) is 2.08. The van der Waals surface area contributed by atoms with Crippen LogP contribution < -0.4 is 0 Å². The van der Waals surface area contributed by atoms with Gasteiger partial charge in [-0.05, 0) is 40.8 Å². The van der Waals surface area contributed by atoms with Gasteiger partial charge in [-0.25, -0.2) is 0 Å². The Hall–Kier alpha value is -0.000000000000000111. The molecule has 3 nitrogen and oxygen atoms in total. The average Bonchev–Trinajstić information content (AvgIpc) is 2.53. The first-order valence-electron chi connectivity index (χ1n) is 5.47. The summed E-state index contributed by atoms with van der Waals surface area (Å²) in [5.41, 5.74) is 2.15. The first-order chi connectivity index (χ1) is 7.60. The van der Waals surface area contributed by atoms with Crippen molar-refractivity contribution in [1.82, 2.24) is 9.78 Å². The van der Waals surface area contributed by atoms with Gasteiger partial charge >= 0.3 is 0 Å². The molecule has 5 heteroatoms. The van der Waals surface area contributed by atoms with E-state index in [1.54, 1.807) is 11.8 Å². The standard InChI is InChI=1S/C11H19BrN2OS/c1-4-9-11(12)10(14(2)13-9)7-8(15)5-6-16-3/h8,15H,4-7H2,1-3H3. The van der Waals surface area contributed by atoms with Gasteiger partial charge in [0.25, 0.3) is 0 Å². The van der Waals surface area contributed by atoms with Gasteiger partial charge in [-0.2, -0.15) is 16.9 Å². The van der Waals surface area contributed by atoms with E-state index in [1.807, 2.05) is 11.7 Å². The molecule has 0 aliphatic rings. The van der Waals surface area contributed by atoms with E-state index in [-0.39, 0.29) is 6.10 Å². The van der Waals surface area contributed by atoms with E-state index in [1.165, 1.54) is 0 Å². The number of aryl methyl sites for hydroxylation is 2. The monoisotopic (exact) mass is 306 g/mol. The molecule has 0 aliphatic heterocycles. The van der Waals surface area contributed by atoms with Crippen LogP contribution in [0.1, 0.15) is 24.7 Å². The molecule has 92 valence electrons. The topological polar surface area (TPSA) is 38.0 Å². The van der Waals surface area contributed by atoms with Gasteiger partial charge in [-0.1, -0.05) is 6.92 Å². The summed E-state index contributed by atoms with van der Waals surface area (Å²) in [5.74, 6) is 0.997. The summed E-state index contributed by atoms with van der Waals surface area (Å²) in [5, 5.41) is 14.3. The van der Waals surface area contributed by atoms with Crippen molar-refractivity contribution in [2.45, 2.75) is 32.3 Å². The van der Waals surface area contributed by atoms with E-state index in [4.69, 9.17) is 0 Å². The number of thioether (sulfide) groups is 1. The van der Waals surface area contributed by atoms with Crippen LogP contribution in [-0.2, 0) is 19.9 Å². The molecule has 1 atom stereocenters. The van der Waals surface area contributed by atoms with Crippen molar-refractivity contribution in [1.29, 1.82) is 0 Å². The molecule has 16 heavy (non-hydrogen) atoms. The molecule has 1 aromatic rings. The number of aliphatic hydroxyl groups excluding tert-OH is 1. The first kappa shape index (κ1) is 14.1. The molecule has 0 fully saturated rings. The molecular formula is C11H19BrN2OS. The highest BCUT2D eigenvalue weighted by Crippen LogP contribution is 2.23. The van der Waals surface area contributed by atoms with Crippen LogP contribution in [0, 0.1) is 0 Å². The molecule has 0 aliphatic carbocycles. The van der Waals surface area contributed by atoms with Crippen LogP contribution >= 0.6 is 27.7 Å². The first-order valence-corrected chi connectivity index (χ1v) is 7.66. The van der Waals surface area contributed by atoms with Crippen molar-refractivity contribution in [2.24, 2.45) is 7.05 Å². The lowest BCUT2D eigenvalue weighted by Crippen LogP contribution is -2.14. The molecule has 0 aromatic carbocycles. The molecule has 1 rings (SSSR count). The van der Waals surface area contributed by atoms with Crippen LogP contribution in [0.4, 0.5) is 0 Å². The Kier molecular flexibility index (Phi) is 5.86. The summed E-state index contributed by atoms with van der Waals surface area (Å²) >= 11 is 5.32. The van der Waals surface area contributed by atoms with Gasteiger partial charge in [0.2, 0.25) is 0 Å². The highest BCUT2D eigenvalue weighted by atomic mass is 79.9. The third-order valence-corrected chi connectivity index (χ3v) is 4.15. The van der Waals surface area contributed by atoms with Crippen LogP contribution in [0.5, 0.6) is 0 Å². The Balaban J connectivity index is 2.69. The predicted octanol–water partition coefficient (Wildman–Crippen LogP) is 2.40. The van der Waals surface area contributed by atoms with E-state index in [9.17, 15) is 5.11 Å². The molecule has 0 amide bonds. The Morgan fingerprint density at radius 1 is 1.56 bits per heavy atom. The third kappa shape index (κ3) is 3.50. The second kappa shape index (κ2) is 6.67. The van der Waals surface area contributed by atoms with Crippen LogP contribution in [0.2, 0.25) is 0 Å². The van der Waals surface area contributed by atoms with Gasteiger partial charge in [0.05, 0.1) is 22.0 Å². The number of aromatic nitrogens is 2. The highest BCUT2D eigenvalue weighted by molar-refractivity contribution is 9.10. The maximum Gasteiger partial charge on any atom is 0.0766 e. The second-order valence-corrected chi connectivity index (χ2v) is 5.60. The van der Waals surface area contributed by atoms with Crippen molar-refractivity contribution in [3.63, 3.8) is 0 Å². The van der Waals surface area contributed by atoms with Gasteiger partial charge < -0.3 is 5.11 Å². The number of halogens is 1. The molecule has 1 heterocycles. The molecule has 1 unspecified atom stereocenters. The summed E-state index contributed by atoms with van der Waals surface area (Å²) in [7, 11) is 1.93. The van der Waals surface area contributed by atoms with E-state index >= 15 is 0 Å². The number of aliphatic hydroxyl groups is 1. The number of hydrogen-bond acceptors (Lipinski definition) is 3. The van der Waals surface area contributed by atoms with Crippen LogP contribution in [0.25, 0.3) is 0 Å². The predicted molar refractivity (Wildman–Crippen MR) is 73.0 cm³/mol. The van der Waals surface area contributed by atoms with E-state index in [0.717, 1.165) is 34.5 Å². The lowest BCUT2D eigenvalue weighted by atomic mass is 10.1. The molecule has 0 bridgehead atoms. The lowest BCUT2D eigenvalue weighted by Gasteiger charge is -2.10. The smallest absolute Gasteiger partial charge is 0.0766 e. The largest absolute Gasteiger partial charge is 0.393 e. The Morgan fingerprint density at radius 3 is 2.75 bits per heavy atom. The fourth-order valence-electron chi connectivity index (χ4n) is 1.62. The van der Waals surface area contributed by atoms with Gasteiger partial charge in [0.1, 0.15) is 0 Å². The van der Waals surface area contributed by atoms with Gasteiger partial charge in [-0.15, -0.1) is 0 Å². The SMILES string of the molecule is CCc1nn(C)c(CC(O)CCSC)c1Br. The minimum Gasteiger partial charge on any atom is -0.393 e. The molecule has 0 radical (unpaired) electrons.